The van der Waals surface area contributed by atoms with Crippen LogP contribution in [0.5, 0.6) is 34.9 Å². The van der Waals surface area contributed by atoms with Crippen molar-refractivity contribution in [2.75, 3.05) is 47.6 Å². The molecule has 3 saturated carbocycles. The molecule has 0 spiro atoms. The molecule has 34 heteroatoms. The van der Waals surface area contributed by atoms with Crippen molar-refractivity contribution in [2.45, 2.75) is 316 Å². The standard InChI is InChI=1S/C34H43F3N3O6.C34H45FN3O6.C33H44N3O6.3V/c1-6-22-27(18-41)40-17-28(22)45-30-25(38-24-13-12-21(44-5)14-26(24)39-30)11-9-7-8-10-20-16-33(20,19-34(35,36)37)46-29(42)15-23(31(40)43)32(2,3)4;1-6-23-28(20-39)38-19-29(23)43-31-26(36-25-13-12-22(42-5)16-27(25)37-31)11-9-7-8-10-21-18-34(21,14-15-35)44-30(40)17-24(32(38)41)33(2,3)4;1-7-33-17-21(33)11-9-8-10-12-25-30(35-26-15-22(40-6)13-14-24(26)34-25)41-28-18-36(27(19-37)20(28)2)31(39)23(32(3,4)5)16-29(38)42-33;;;/h12-14,20,22-23,27-28H,6-11,15-17,19H2,1-5H3;12-13,16,21,23-24,28-29H,6-11,14-15,17-19H2,1-5H3;13-15,20-21,23,27-28H,7-12,16-18H2,1-6H3;;;/q3*-1;;;/t20-,22+,23-,27-,28+,33+;21-,23+,24-,28-,29+,34-;20-,21+,23+,27+,28-,33+;;;/m110.../s1. The Morgan fingerprint density at radius 3 is 1.08 bits per heavy atom. The summed E-state index contributed by atoms with van der Waals surface area (Å²) in [4.78, 5) is 153. The first-order valence-electron chi connectivity index (χ1n) is 47.6. The monoisotopic (exact) mass is 1990 g/mol. The van der Waals surface area contributed by atoms with E-state index >= 15 is 0 Å². The number of carbonyl (C=O) groups is 6. The minimum Gasteiger partial charge on any atom is -0.540 e. The summed E-state index contributed by atoms with van der Waals surface area (Å²) in [5.74, 6) is -2.98. The van der Waals surface area contributed by atoms with Crippen molar-refractivity contribution >= 4 is 87.6 Å². The second kappa shape index (κ2) is 45.4. The molecule has 135 heavy (non-hydrogen) atoms. The maximum absolute atomic E-state index is 14.2. The molecule has 3 aromatic heterocycles. The van der Waals surface area contributed by atoms with Gasteiger partial charge in [0, 0.05) is 98.0 Å². The Hall–Kier alpha value is -8.22. The van der Waals surface area contributed by atoms with Crippen LogP contribution in [0.1, 0.15) is 255 Å². The fourth-order valence-corrected chi connectivity index (χ4v) is 20.9. The number of fused-ring (bicyclic) bond motifs is 15. The molecular formula is C101H132F4N9O18V3-3. The van der Waals surface area contributed by atoms with Gasteiger partial charge in [0.05, 0.1) is 124 Å². The summed E-state index contributed by atoms with van der Waals surface area (Å²) < 4.78 is 108. The van der Waals surface area contributed by atoms with E-state index in [9.17, 15) is 60.7 Å². The van der Waals surface area contributed by atoms with E-state index in [1.54, 1.807) is 59.1 Å². The molecular weight excluding hydrogens is 1860 g/mol. The van der Waals surface area contributed by atoms with Gasteiger partial charge in [0.15, 0.2) is 0 Å². The van der Waals surface area contributed by atoms with Gasteiger partial charge in [-0.05, 0) is 154 Å². The minimum atomic E-state index is -4.51. The van der Waals surface area contributed by atoms with Crippen molar-refractivity contribution in [1.29, 1.82) is 0 Å². The molecule has 0 N–H and O–H groups in total. The van der Waals surface area contributed by atoms with Crippen LogP contribution in [0.15, 0.2) is 54.6 Å². The van der Waals surface area contributed by atoms with Gasteiger partial charge in [-0.25, -0.2) is 48.8 Å². The number of benzene rings is 3. The summed E-state index contributed by atoms with van der Waals surface area (Å²) in [5.41, 5.74) is 1.43. The number of alkyl halides is 4. The SMILES string of the molecule is CC[C@@H]1[C@@H]2CN(C(=O)[C@H](C(C)(C)C)CC(=O)O[C@]3(CC(F)(F)F)C[C@H]3CCCCCc3nc4ccc(OC)cc4nc3O2)[C@@H]1[C-]=O.CC[C@@H]1[C@@H]2CN(C(=O)[C@H](C(C)(C)C)CC(=O)O[C@]3(CCF)C[C@H]3CCCCCc3nc4ccc(OC)cc4nc3O2)[C@@H]1[C-]=O.CC[C@@]12C[C@H]1CCCCCc1nc3ccc(OC)cc3nc1O[C@H]1CN(C(=O)[C@H](C(C)(C)C)CC(=O)O2)[C@H]([C-]=O)[C@@H]1C.[V].[V].[V]. The van der Waals surface area contributed by atoms with E-state index in [0.717, 1.165) is 93.1 Å². The Kier molecular flexibility index (Phi) is 36.6. The van der Waals surface area contributed by atoms with Gasteiger partial charge in [0.1, 0.15) is 69.4 Å². The molecule has 15 rings (SSSR count). The summed E-state index contributed by atoms with van der Waals surface area (Å²) >= 11 is 0. The van der Waals surface area contributed by atoms with Crippen LogP contribution in [-0.4, -0.2) is 206 Å². The van der Waals surface area contributed by atoms with Crippen molar-refractivity contribution in [3.63, 3.8) is 0 Å². The molecule has 3 aromatic carbocycles. The Labute approximate surface area is 825 Å². The van der Waals surface area contributed by atoms with E-state index in [1.807, 2.05) is 111 Å². The van der Waals surface area contributed by atoms with Gasteiger partial charge < -0.3 is 71.7 Å². The number of esters is 3. The third kappa shape index (κ3) is 25.3. The first kappa shape index (κ1) is 109. The summed E-state index contributed by atoms with van der Waals surface area (Å²) in [6.07, 6.45) is 13.9. The molecule has 27 nitrogen and oxygen atoms in total. The number of aryl methyl sites for hydroxylation is 3. The van der Waals surface area contributed by atoms with Crippen LogP contribution in [0, 0.1) is 69.5 Å². The Balaban J connectivity index is 0.000000207. The van der Waals surface area contributed by atoms with Crippen LogP contribution >= 0.6 is 0 Å². The third-order valence-corrected chi connectivity index (χ3v) is 29.3. The number of halogens is 4. The zero-order valence-electron chi connectivity index (χ0n) is 80.8. The maximum atomic E-state index is 14.2. The molecule has 3 radical (unpaired) electrons. The van der Waals surface area contributed by atoms with Gasteiger partial charge in [-0.15, -0.1) is 0 Å². The van der Waals surface area contributed by atoms with Gasteiger partial charge in [0.25, 0.3) is 0 Å². The third-order valence-electron chi connectivity index (χ3n) is 29.3. The fourth-order valence-electron chi connectivity index (χ4n) is 20.9. The van der Waals surface area contributed by atoms with Crippen molar-refractivity contribution < 1.29 is 159 Å². The summed E-state index contributed by atoms with van der Waals surface area (Å²) in [6, 6.07) is 13.9. The molecule has 3 amide bonds. The Morgan fingerprint density at radius 2 is 0.748 bits per heavy atom. The number of hydrogen-bond acceptors (Lipinski definition) is 24. The van der Waals surface area contributed by atoms with Crippen LogP contribution in [0.2, 0.25) is 0 Å². The Bertz CT molecular complexity index is 5200. The van der Waals surface area contributed by atoms with E-state index in [0.29, 0.717) is 126 Å². The maximum Gasteiger partial charge on any atom is 0.392 e. The van der Waals surface area contributed by atoms with Gasteiger partial charge in [-0.2, -0.15) is 13.2 Å². The van der Waals surface area contributed by atoms with Crippen molar-refractivity contribution in [3.05, 3.63) is 71.7 Å². The molecule has 9 heterocycles. The molecule has 6 aromatic rings. The Morgan fingerprint density at radius 1 is 0.430 bits per heavy atom. The number of carbonyl (C=O) groups excluding carboxylic acids is 9. The van der Waals surface area contributed by atoms with Crippen LogP contribution in [0.4, 0.5) is 17.6 Å². The molecule has 3 aliphatic carbocycles. The number of hydrogen-bond donors (Lipinski definition) is 0. The second-order valence-electron chi connectivity index (χ2n) is 41.2. The molecule has 735 valence electrons. The number of ether oxygens (including phenoxy) is 9. The molecule has 3 saturated heterocycles. The number of amides is 3. The van der Waals surface area contributed by atoms with Crippen LogP contribution < -0.4 is 28.4 Å². The van der Waals surface area contributed by atoms with Crippen LogP contribution in [-0.2, 0) is 132 Å². The second-order valence-corrected chi connectivity index (χ2v) is 41.2. The van der Waals surface area contributed by atoms with E-state index < -0.39 is 143 Å². The van der Waals surface area contributed by atoms with Gasteiger partial charge >= 0.3 is 24.1 Å². The molecule has 6 bridgehead atoms. The molecule has 9 aliphatic rings. The quantitative estimate of drug-likeness (QED) is 0.0475. The van der Waals surface area contributed by atoms with Crippen molar-refractivity contribution in [3.8, 4) is 34.9 Å². The van der Waals surface area contributed by atoms with E-state index in [4.69, 9.17) is 72.5 Å². The average molecular weight is 1990 g/mol. The zero-order valence-corrected chi connectivity index (χ0v) is 85.0. The number of rotatable bonds is 12. The van der Waals surface area contributed by atoms with E-state index in [-0.39, 0.29) is 137 Å². The van der Waals surface area contributed by atoms with Crippen molar-refractivity contribution in [1.82, 2.24) is 44.6 Å². The summed E-state index contributed by atoms with van der Waals surface area (Å²) in [7, 11) is 4.77. The summed E-state index contributed by atoms with van der Waals surface area (Å²) in [5, 5.41) is 0. The van der Waals surface area contributed by atoms with Crippen LogP contribution in [0.25, 0.3) is 33.1 Å². The molecule has 0 unspecified atom stereocenters. The number of methoxy groups -OCH3 is 3. The summed E-state index contributed by atoms with van der Waals surface area (Å²) in [6.45, 7) is 24.6. The van der Waals surface area contributed by atoms with Gasteiger partial charge in [-0.3, -0.25) is 33.2 Å². The topological polar surface area (TPSA) is 324 Å². The number of nitrogens with zero attached hydrogens (tertiary/aromatic N) is 9. The first-order chi connectivity index (χ1) is 62.7. The van der Waals surface area contributed by atoms with Gasteiger partial charge in [-0.1, -0.05) is 160 Å². The largest absolute Gasteiger partial charge is 0.540 e. The smallest absolute Gasteiger partial charge is 0.392 e. The average Bonchev–Trinajstić information content (AvgIpc) is 1.56. The fraction of sp³-hybridized carbons (Fsp3) is 0.673. The minimum absolute atomic E-state index is 0. The first-order valence-corrected chi connectivity index (χ1v) is 47.6. The van der Waals surface area contributed by atoms with E-state index in [2.05, 4.69) is 19.5 Å². The predicted molar refractivity (Wildman–Crippen MR) is 483 cm³/mol. The molecule has 6 aliphatic heterocycles. The molecule has 18 atom stereocenters. The van der Waals surface area contributed by atoms with Crippen LogP contribution in [0.3, 0.4) is 0 Å². The normalized spacial score (nSPS) is 29.4. The predicted octanol–water partition coefficient (Wildman–Crippen LogP) is 16.9. The number of aromatic nitrogens is 6. The van der Waals surface area contributed by atoms with Crippen molar-refractivity contribution in [2.24, 2.45) is 69.5 Å². The molecule has 6 fully saturated rings. The van der Waals surface area contributed by atoms with E-state index in [1.165, 1.54) is 9.80 Å². The zero-order chi connectivity index (χ0) is 95.3. The van der Waals surface area contributed by atoms with Gasteiger partial charge in [0.2, 0.25) is 35.4 Å².